The van der Waals surface area contributed by atoms with E-state index in [2.05, 4.69) is 10.6 Å². The number of nitrogens with one attached hydrogen (secondary N) is 2. The zero-order chi connectivity index (χ0) is 10.8. The Morgan fingerprint density at radius 2 is 2.13 bits per heavy atom. The summed E-state index contributed by atoms with van der Waals surface area (Å²) in [5.74, 6) is -0.832. The van der Waals surface area contributed by atoms with E-state index < -0.39 is 5.91 Å². The van der Waals surface area contributed by atoms with Crippen LogP contribution in [0.2, 0.25) is 0 Å². The van der Waals surface area contributed by atoms with Gasteiger partial charge in [0.1, 0.15) is 0 Å². The maximum Gasteiger partial charge on any atom is 0.312 e. The van der Waals surface area contributed by atoms with Gasteiger partial charge in [-0.1, -0.05) is 0 Å². The van der Waals surface area contributed by atoms with Gasteiger partial charge in [-0.3, -0.25) is 9.59 Å². The Labute approximate surface area is 89.2 Å². The van der Waals surface area contributed by atoms with Crippen molar-refractivity contribution < 1.29 is 9.59 Å². The Kier molecular flexibility index (Phi) is 2.90. The lowest BCUT2D eigenvalue weighted by molar-refractivity contribution is -0.152. The highest BCUT2D eigenvalue weighted by molar-refractivity contribution is 6.35. The Bertz CT molecular complexity index is 274. The number of hydrogen-bond donors (Lipinski definition) is 2. The molecule has 0 saturated carbocycles. The van der Waals surface area contributed by atoms with Crippen LogP contribution in [0.25, 0.3) is 0 Å². The predicted octanol–water partition coefficient (Wildman–Crippen LogP) is -0.915. The van der Waals surface area contributed by atoms with E-state index in [1.165, 1.54) is 0 Å². The van der Waals surface area contributed by atoms with Crippen molar-refractivity contribution in [3.05, 3.63) is 0 Å². The molecule has 15 heavy (non-hydrogen) atoms. The minimum atomic E-state index is -0.460. The molecule has 2 N–H and O–H groups in total. The van der Waals surface area contributed by atoms with Gasteiger partial charge in [-0.15, -0.1) is 0 Å². The smallest absolute Gasteiger partial charge is 0.312 e. The number of amides is 2. The summed E-state index contributed by atoms with van der Waals surface area (Å²) >= 11 is 0. The number of hydrogen-bond acceptors (Lipinski definition) is 3. The molecular weight excluding hydrogens is 194 g/mol. The van der Waals surface area contributed by atoms with Gasteiger partial charge < -0.3 is 15.5 Å². The summed E-state index contributed by atoms with van der Waals surface area (Å²) in [5.41, 5.74) is 0. The van der Waals surface area contributed by atoms with Crippen LogP contribution in [0, 0.1) is 0 Å². The molecule has 2 fully saturated rings. The second-order valence-electron chi connectivity index (χ2n) is 4.27. The predicted molar refractivity (Wildman–Crippen MR) is 55.2 cm³/mol. The van der Waals surface area contributed by atoms with Gasteiger partial charge in [-0.25, -0.2) is 0 Å². The molecular formula is C10H17N3O2. The minimum Gasteiger partial charge on any atom is -0.346 e. The molecule has 2 atom stereocenters. The van der Waals surface area contributed by atoms with Crippen molar-refractivity contribution in [1.82, 2.24) is 15.5 Å². The molecule has 2 aliphatic heterocycles. The first-order valence-electron chi connectivity index (χ1n) is 5.51. The first kappa shape index (κ1) is 10.4. The molecule has 0 aromatic carbocycles. The van der Waals surface area contributed by atoms with E-state index >= 15 is 0 Å². The van der Waals surface area contributed by atoms with Gasteiger partial charge in [0.25, 0.3) is 0 Å². The van der Waals surface area contributed by atoms with Crippen LogP contribution >= 0.6 is 0 Å². The average Bonchev–Trinajstić information content (AvgIpc) is 2.26. The maximum absolute atomic E-state index is 11.7. The zero-order valence-corrected chi connectivity index (χ0v) is 8.95. The van der Waals surface area contributed by atoms with Crippen molar-refractivity contribution in [2.75, 3.05) is 19.6 Å². The normalized spacial score (nSPS) is 32.7. The molecule has 2 amide bonds. The third kappa shape index (κ3) is 1.97. The highest BCUT2D eigenvalue weighted by Crippen LogP contribution is 2.16. The van der Waals surface area contributed by atoms with Crippen molar-refractivity contribution >= 4 is 11.8 Å². The van der Waals surface area contributed by atoms with Crippen LogP contribution in [0.15, 0.2) is 0 Å². The highest BCUT2D eigenvalue weighted by Gasteiger charge is 2.36. The Morgan fingerprint density at radius 3 is 2.80 bits per heavy atom. The standard InChI is InChI=1S/C10H17N3O2/c1-7-5-12-9(14)10(15)13(7)8-3-2-4-11-6-8/h7-8,11H,2-6H2,1H3,(H,12,14). The second-order valence-corrected chi connectivity index (χ2v) is 4.27. The van der Waals surface area contributed by atoms with Crippen LogP contribution in [0.5, 0.6) is 0 Å². The van der Waals surface area contributed by atoms with Gasteiger partial charge in [-0.05, 0) is 26.3 Å². The molecule has 0 spiro atoms. The number of piperidine rings is 1. The molecule has 2 heterocycles. The lowest BCUT2D eigenvalue weighted by Gasteiger charge is -2.40. The van der Waals surface area contributed by atoms with Crippen molar-refractivity contribution in [3.63, 3.8) is 0 Å². The summed E-state index contributed by atoms with van der Waals surface area (Å²) < 4.78 is 0. The zero-order valence-electron chi connectivity index (χ0n) is 8.95. The molecule has 84 valence electrons. The monoisotopic (exact) mass is 211 g/mol. The third-order valence-corrected chi connectivity index (χ3v) is 3.13. The van der Waals surface area contributed by atoms with Gasteiger partial charge in [0.05, 0.1) is 0 Å². The SMILES string of the molecule is CC1CNC(=O)C(=O)N1C1CCCNC1. The summed E-state index contributed by atoms with van der Waals surface area (Å²) in [6, 6.07) is 0.299. The average molecular weight is 211 g/mol. The van der Waals surface area contributed by atoms with Crippen molar-refractivity contribution in [1.29, 1.82) is 0 Å². The van der Waals surface area contributed by atoms with Gasteiger partial charge in [0.2, 0.25) is 0 Å². The maximum atomic E-state index is 11.7. The topological polar surface area (TPSA) is 61.4 Å². The van der Waals surface area contributed by atoms with Crippen LogP contribution in [0.4, 0.5) is 0 Å². The van der Waals surface area contributed by atoms with Crippen LogP contribution in [0.3, 0.4) is 0 Å². The Hall–Kier alpha value is -1.10. The molecule has 0 radical (unpaired) electrons. The fourth-order valence-electron chi connectivity index (χ4n) is 2.33. The van der Waals surface area contributed by atoms with E-state index in [9.17, 15) is 9.59 Å². The molecule has 0 aromatic rings. The van der Waals surface area contributed by atoms with E-state index in [0.717, 1.165) is 25.9 Å². The first-order chi connectivity index (χ1) is 7.20. The minimum absolute atomic E-state index is 0.111. The lowest BCUT2D eigenvalue weighted by Crippen LogP contribution is -2.62. The molecule has 5 heteroatoms. The molecule has 2 rings (SSSR count). The van der Waals surface area contributed by atoms with Crippen LogP contribution in [0.1, 0.15) is 19.8 Å². The fourth-order valence-corrected chi connectivity index (χ4v) is 2.33. The number of carbonyl (C=O) groups excluding carboxylic acids is 2. The van der Waals surface area contributed by atoms with Gasteiger partial charge in [0, 0.05) is 25.2 Å². The van der Waals surface area contributed by atoms with Crippen molar-refractivity contribution in [2.24, 2.45) is 0 Å². The third-order valence-electron chi connectivity index (χ3n) is 3.13. The van der Waals surface area contributed by atoms with Gasteiger partial charge in [-0.2, -0.15) is 0 Å². The fraction of sp³-hybridized carbons (Fsp3) is 0.800. The first-order valence-corrected chi connectivity index (χ1v) is 5.51. The molecule has 0 bridgehead atoms. The van der Waals surface area contributed by atoms with E-state index in [0.29, 0.717) is 6.54 Å². The van der Waals surface area contributed by atoms with Crippen molar-refractivity contribution in [3.8, 4) is 0 Å². The molecule has 0 aliphatic carbocycles. The van der Waals surface area contributed by atoms with Crippen LogP contribution in [-0.2, 0) is 9.59 Å². The summed E-state index contributed by atoms with van der Waals surface area (Å²) in [5, 5.41) is 5.86. The van der Waals surface area contributed by atoms with E-state index in [1.54, 1.807) is 4.90 Å². The molecule has 2 saturated heterocycles. The molecule has 0 aromatic heterocycles. The van der Waals surface area contributed by atoms with E-state index in [-0.39, 0.29) is 18.0 Å². The van der Waals surface area contributed by atoms with Crippen LogP contribution < -0.4 is 10.6 Å². The van der Waals surface area contributed by atoms with Crippen molar-refractivity contribution in [2.45, 2.75) is 31.8 Å². The van der Waals surface area contributed by atoms with Gasteiger partial charge in [0.15, 0.2) is 0 Å². The van der Waals surface area contributed by atoms with Gasteiger partial charge >= 0.3 is 11.8 Å². The van der Waals surface area contributed by atoms with E-state index in [4.69, 9.17) is 0 Å². The molecule has 2 aliphatic rings. The van der Waals surface area contributed by atoms with E-state index in [1.807, 2.05) is 6.92 Å². The Morgan fingerprint density at radius 1 is 1.33 bits per heavy atom. The summed E-state index contributed by atoms with van der Waals surface area (Å²) in [4.78, 5) is 24.7. The number of carbonyl (C=O) groups is 2. The number of rotatable bonds is 1. The van der Waals surface area contributed by atoms with Crippen LogP contribution in [-0.4, -0.2) is 48.4 Å². The molecule has 5 nitrogen and oxygen atoms in total. The number of nitrogens with zero attached hydrogens (tertiary/aromatic N) is 1. The summed E-state index contributed by atoms with van der Waals surface area (Å²) in [6.45, 7) is 4.37. The quantitative estimate of drug-likeness (QED) is 0.552. The highest BCUT2D eigenvalue weighted by atomic mass is 16.2. The largest absolute Gasteiger partial charge is 0.346 e. The lowest BCUT2D eigenvalue weighted by atomic mass is 10.0. The second kappa shape index (κ2) is 4.18. The summed E-state index contributed by atoms with van der Waals surface area (Å²) in [7, 11) is 0. The molecule has 2 unspecified atom stereocenters. The Balaban J connectivity index is 2.09. The summed E-state index contributed by atoms with van der Waals surface area (Å²) in [6.07, 6.45) is 2.07. The number of piperazine rings is 1.